The fourth-order valence-electron chi connectivity index (χ4n) is 2.21. The van der Waals surface area contributed by atoms with Crippen molar-refractivity contribution in [3.63, 3.8) is 0 Å². The lowest BCUT2D eigenvalue weighted by Crippen LogP contribution is -2.37. The molecule has 18 heavy (non-hydrogen) atoms. The van der Waals surface area contributed by atoms with Crippen molar-refractivity contribution in [1.29, 1.82) is 0 Å². The predicted molar refractivity (Wildman–Crippen MR) is 67.8 cm³/mol. The van der Waals surface area contributed by atoms with Crippen molar-refractivity contribution in [2.45, 2.75) is 33.7 Å². The zero-order chi connectivity index (χ0) is 13.3. The highest BCUT2D eigenvalue weighted by Crippen LogP contribution is 2.21. The van der Waals surface area contributed by atoms with Gasteiger partial charge in [0.1, 0.15) is 0 Å². The summed E-state index contributed by atoms with van der Waals surface area (Å²) in [6.45, 7) is 9.37. The highest BCUT2D eigenvalue weighted by molar-refractivity contribution is 5.88. The number of rotatable bonds is 2. The van der Waals surface area contributed by atoms with E-state index in [1.54, 1.807) is 0 Å². The van der Waals surface area contributed by atoms with Crippen LogP contribution in [0.3, 0.4) is 0 Å². The SMILES string of the molecule is CC(C)(C)CN1CCc2[c]nc(C(N)=O)nc2C1. The van der Waals surface area contributed by atoms with Crippen molar-refractivity contribution in [3.05, 3.63) is 23.3 Å². The second-order valence-electron chi connectivity index (χ2n) is 5.97. The maximum atomic E-state index is 11.1. The highest BCUT2D eigenvalue weighted by atomic mass is 16.1. The number of primary amides is 1. The van der Waals surface area contributed by atoms with E-state index in [2.05, 4.69) is 41.8 Å². The molecule has 1 aromatic rings. The second kappa shape index (κ2) is 4.65. The summed E-state index contributed by atoms with van der Waals surface area (Å²) < 4.78 is 0. The Morgan fingerprint density at radius 1 is 1.50 bits per heavy atom. The van der Waals surface area contributed by atoms with Crippen LogP contribution in [0, 0.1) is 11.6 Å². The van der Waals surface area contributed by atoms with Gasteiger partial charge in [-0.3, -0.25) is 9.69 Å². The first kappa shape index (κ1) is 13.0. The van der Waals surface area contributed by atoms with Crippen LogP contribution in [0.4, 0.5) is 0 Å². The second-order valence-corrected chi connectivity index (χ2v) is 5.97. The minimum absolute atomic E-state index is 0.0614. The van der Waals surface area contributed by atoms with Crippen LogP contribution in [-0.2, 0) is 13.0 Å². The predicted octanol–water partition coefficient (Wildman–Crippen LogP) is 0.780. The normalized spacial score (nSPS) is 16.4. The standard InChI is InChI=1S/C13H19N4O/c1-13(2,3)8-17-5-4-9-6-15-12(11(14)18)16-10(9)7-17/h4-5,7-8H2,1-3H3,(H2,14,18). The van der Waals surface area contributed by atoms with Gasteiger partial charge in [0.2, 0.25) is 5.82 Å². The summed E-state index contributed by atoms with van der Waals surface area (Å²) in [5.41, 5.74) is 7.32. The molecule has 97 valence electrons. The lowest BCUT2D eigenvalue weighted by Gasteiger charge is -2.33. The largest absolute Gasteiger partial charge is 0.363 e. The lowest BCUT2D eigenvalue weighted by molar-refractivity contribution is 0.0988. The number of nitrogens with two attached hydrogens (primary N) is 1. The topological polar surface area (TPSA) is 72.1 Å². The molecule has 1 aromatic heterocycles. The Morgan fingerprint density at radius 3 is 2.83 bits per heavy atom. The van der Waals surface area contributed by atoms with E-state index in [4.69, 9.17) is 5.73 Å². The van der Waals surface area contributed by atoms with E-state index in [1.807, 2.05) is 0 Å². The van der Waals surface area contributed by atoms with Crippen LogP contribution in [0.15, 0.2) is 0 Å². The number of carbonyl (C=O) groups excluding carboxylic acids is 1. The Labute approximate surface area is 107 Å². The molecule has 2 heterocycles. The van der Waals surface area contributed by atoms with Gasteiger partial charge in [0.25, 0.3) is 5.91 Å². The third-order valence-electron chi connectivity index (χ3n) is 2.86. The first-order chi connectivity index (χ1) is 8.35. The van der Waals surface area contributed by atoms with Gasteiger partial charge in [-0.1, -0.05) is 20.8 Å². The quantitative estimate of drug-likeness (QED) is 0.838. The fraction of sp³-hybridized carbons (Fsp3) is 0.615. The fourth-order valence-corrected chi connectivity index (χ4v) is 2.21. The number of aromatic nitrogens is 2. The molecule has 1 aliphatic heterocycles. The van der Waals surface area contributed by atoms with Crippen LogP contribution in [0.5, 0.6) is 0 Å². The van der Waals surface area contributed by atoms with E-state index in [-0.39, 0.29) is 11.2 Å². The summed E-state index contributed by atoms with van der Waals surface area (Å²) in [5.74, 6) is -0.534. The van der Waals surface area contributed by atoms with Gasteiger partial charge in [0, 0.05) is 25.2 Å². The third kappa shape index (κ3) is 3.04. The average Bonchev–Trinajstić information content (AvgIpc) is 2.25. The van der Waals surface area contributed by atoms with Gasteiger partial charge in [-0.2, -0.15) is 0 Å². The van der Waals surface area contributed by atoms with Crippen LogP contribution in [-0.4, -0.2) is 33.9 Å². The van der Waals surface area contributed by atoms with E-state index in [0.717, 1.165) is 37.3 Å². The molecule has 5 nitrogen and oxygen atoms in total. The molecule has 0 aromatic carbocycles. The van der Waals surface area contributed by atoms with Crippen molar-refractivity contribution < 1.29 is 4.79 Å². The van der Waals surface area contributed by atoms with Crippen molar-refractivity contribution in [2.24, 2.45) is 11.1 Å². The van der Waals surface area contributed by atoms with Crippen molar-refractivity contribution in [2.75, 3.05) is 13.1 Å². The molecule has 0 atom stereocenters. The summed E-state index contributed by atoms with van der Waals surface area (Å²) in [6.07, 6.45) is 3.76. The number of hydrogen-bond acceptors (Lipinski definition) is 4. The maximum absolute atomic E-state index is 11.1. The molecular formula is C13H19N4O. The Hall–Kier alpha value is -1.49. The minimum atomic E-state index is -0.595. The van der Waals surface area contributed by atoms with Gasteiger partial charge in [0.05, 0.1) is 11.9 Å². The Morgan fingerprint density at radius 2 is 2.22 bits per heavy atom. The zero-order valence-corrected chi connectivity index (χ0v) is 11.2. The van der Waals surface area contributed by atoms with Crippen LogP contribution in [0.25, 0.3) is 0 Å². The van der Waals surface area contributed by atoms with Crippen LogP contribution in [0.2, 0.25) is 0 Å². The van der Waals surface area contributed by atoms with Crippen molar-refractivity contribution in [3.8, 4) is 0 Å². The number of amides is 1. The molecule has 5 heteroatoms. The highest BCUT2D eigenvalue weighted by Gasteiger charge is 2.23. The molecule has 0 unspecified atom stereocenters. The first-order valence-corrected chi connectivity index (χ1v) is 6.15. The van der Waals surface area contributed by atoms with E-state index in [1.165, 1.54) is 0 Å². The molecule has 0 saturated heterocycles. The average molecular weight is 247 g/mol. The van der Waals surface area contributed by atoms with Crippen LogP contribution in [0.1, 0.15) is 42.6 Å². The molecule has 0 aliphatic carbocycles. The number of fused-ring (bicyclic) bond motifs is 1. The Kier molecular flexibility index (Phi) is 3.34. The zero-order valence-electron chi connectivity index (χ0n) is 11.2. The lowest BCUT2D eigenvalue weighted by atomic mass is 9.94. The van der Waals surface area contributed by atoms with Crippen molar-refractivity contribution >= 4 is 5.91 Å². The number of carbonyl (C=O) groups is 1. The molecule has 1 aliphatic rings. The van der Waals surface area contributed by atoms with Gasteiger partial charge in [-0.05, 0) is 11.8 Å². The summed E-state index contributed by atoms with van der Waals surface area (Å²) in [6, 6.07) is 0. The van der Waals surface area contributed by atoms with Gasteiger partial charge < -0.3 is 5.73 Å². The van der Waals surface area contributed by atoms with Gasteiger partial charge >= 0.3 is 0 Å². The van der Waals surface area contributed by atoms with Gasteiger partial charge in [0.15, 0.2) is 0 Å². The smallest absolute Gasteiger partial charge is 0.286 e. The Balaban J connectivity index is 2.17. The van der Waals surface area contributed by atoms with Crippen LogP contribution < -0.4 is 5.73 Å². The molecule has 0 saturated carbocycles. The van der Waals surface area contributed by atoms with E-state index in [9.17, 15) is 4.79 Å². The van der Waals surface area contributed by atoms with Gasteiger partial charge in [-0.15, -0.1) is 0 Å². The molecule has 2 rings (SSSR count). The third-order valence-corrected chi connectivity index (χ3v) is 2.86. The molecule has 1 radical (unpaired) electrons. The van der Waals surface area contributed by atoms with Crippen molar-refractivity contribution in [1.82, 2.24) is 14.9 Å². The Bertz CT molecular complexity index is 465. The van der Waals surface area contributed by atoms with Gasteiger partial charge in [-0.25, -0.2) is 9.97 Å². The summed E-state index contributed by atoms with van der Waals surface area (Å²) >= 11 is 0. The molecule has 0 spiro atoms. The maximum Gasteiger partial charge on any atom is 0.286 e. The van der Waals surface area contributed by atoms with E-state index < -0.39 is 5.91 Å². The summed E-state index contributed by atoms with van der Waals surface area (Å²) in [7, 11) is 0. The molecule has 2 N–H and O–H groups in total. The van der Waals surface area contributed by atoms with E-state index >= 15 is 0 Å². The summed E-state index contributed by atoms with van der Waals surface area (Å²) in [5, 5.41) is 0. The minimum Gasteiger partial charge on any atom is -0.363 e. The molecule has 0 fully saturated rings. The molecular weight excluding hydrogens is 228 g/mol. The first-order valence-electron chi connectivity index (χ1n) is 6.15. The monoisotopic (exact) mass is 247 g/mol. The number of nitrogens with zero attached hydrogens (tertiary/aromatic N) is 3. The number of hydrogen-bond donors (Lipinski definition) is 1. The molecule has 0 bridgehead atoms. The summed E-state index contributed by atoms with van der Waals surface area (Å²) in [4.78, 5) is 21.5. The van der Waals surface area contributed by atoms with E-state index in [0.29, 0.717) is 0 Å². The molecule has 1 amide bonds. The van der Waals surface area contributed by atoms with Crippen LogP contribution >= 0.6 is 0 Å².